The third-order valence-electron chi connectivity index (χ3n) is 3.90. The van der Waals surface area contributed by atoms with Gasteiger partial charge in [0, 0.05) is 0 Å². The predicted octanol–water partition coefficient (Wildman–Crippen LogP) is 3.80. The summed E-state index contributed by atoms with van der Waals surface area (Å²) in [5, 5.41) is 0. The van der Waals surface area contributed by atoms with Crippen molar-refractivity contribution in [3.63, 3.8) is 0 Å². The molecule has 0 aromatic heterocycles. The molecule has 2 atom stereocenters. The fourth-order valence-electron chi connectivity index (χ4n) is 3.15. The Balaban J connectivity index is 2.09. The minimum absolute atomic E-state index is 0.116. The number of aryl methyl sites for hydroxylation is 1. The van der Waals surface area contributed by atoms with Crippen LogP contribution in [-0.4, -0.2) is 5.60 Å². The molecular weight excluding hydrogens is 184 g/mol. The summed E-state index contributed by atoms with van der Waals surface area (Å²) >= 11 is 0. The van der Waals surface area contributed by atoms with Crippen LogP contribution in [0, 0.1) is 6.92 Å². The summed E-state index contributed by atoms with van der Waals surface area (Å²) in [4.78, 5) is 0. The topological polar surface area (TPSA) is 9.23 Å². The summed E-state index contributed by atoms with van der Waals surface area (Å²) in [6.45, 7) is 4.43. The van der Waals surface area contributed by atoms with Crippen molar-refractivity contribution in [1.29, 1.82) is 0 Å². The Morgan fingerprint density at radius 2 is 2.27 bits per heavy atom. The minimum Gasteiger partial charge on any atom is -0.487 e. The summed E-state index contributed by atoms with van der Waals surface area (Å²) in [5.74, 6) is 1.88. The molecule has 2 aliphatic rings. The standard InChI is InChI=1S/C14H18O/c1-10-5-6-13-12(8-10)11-4-3-7-14(2,9-11)15-13/h5-6,8,11H,3-4,7,9H2,1-2H3/t11-,14+/m0/s1. The van der Waals surface area contributed by atoms with Gasteiger partial charge in [0.2, 0.25) is 0 Å². The summed E-state index contributed by atoms with van der Waals surface area (Å²) in [6.07, 6.45) is 5.09. The van der Waals surface area contributed by atoms with Gasteiger partial charge in [0.15, 0.2) is 0 Å². The highest BCUT2D eigenvalue weighted by Crippen LogP contribution is 2.48. The lowest BCUT2D eigenvalue weighted by Crippen LogP contribution is -2.40. The number of hydrogen-bond donors (Lipinski definition) is 0. The second-order valence-electron chi connectivity index (χ2n) is 5.39. The van der Waals surface area contributed by atoms with Crippen molar-refractivity contribution in [2.75, 3.05) is 0 Å². The molecule has 1 aromatic rings. The van der Waals surface area contributed by atoms with E-state index >= 15 is 0 Å². The van der Waals surface area contributed by atoms with Crippen LogP contribution in [0.1, 0.15) is 49.7 Å². The van der Waals surface area contributed by atoms with Crippen LogP contribution < -0.4 is 4.74 Å². The highest BCUT2D eigenvalue weighted by atomic mass is 16.5. The van der Waals surface area contributed by atoms with Crippen LogP contribution in [0.2, 0.25) is 0 Å². The Kier molecular flexibility index (Phi) is 1.86. The lowest BCUT2D eigenvalue weighted by atomic mass is 9.73. The lowest BCUT2D eigenvalue weighted by molar-refractivity contribution is 0.0212. The molecule has 0 unspecified atom stereocenters. The average Bonchev–Trinajstić information content (AvgIpc) is 2.19. The molecule has 1 nitrogen and oxygen atoms in total. The van der Waals surface area contributed by atoms with Crippen molar-refractivity contribution in [2.45, 2.75) is 51.0 Å². The summed E-state index contributed by atoms with van der Waals surface area (Å²) in [6, 6.07) is 6.62. The van der Waals surface area contributed by atoms with Crippen molar-refractivity contribution < 1.29 is 4.74 Å². The molecule has 1 aliphatic heterocycles. The Morgan fingerprint density at radius 1 is 1.40 bits per heavy atom. The molecule has 1 fully saturated rings. The van der Waals surface area contributed by atoms with Crippen LogP contribution >= 0.6 is 0 Å². The Morgan fingerprint density at radius 3 is 3.13 bits per heavy atom. The normalized spacial score (nSPS) is 33.1. The summed E-state index contributed by atoms with van der Waals surface area (Å²) < 4.78 is 6.15. The SMILES string of the molecule is Cc1ccc2c(c1)[C@H]1CCC[C@](C)(C1)O2. The second-order valence-corrected chi connectivity index (χ2v) is 5.39. The Bertz CT molecular complexity index is 396. The zero-order chi connectivity index (χ0) is 10.5. The van der Waals surface area contributed by atoms with E-state index < -0.39 is 0 Å². The maximum absolute atomic E-state index is 6.15. The van der Waals surface area contributed by atoms with Crippen LogP contribution in [0.15, 0.2) is 18.2 Å². The number of fused-ring (bicyclic) bond motifs is 4. The van der Waals surface area contributed by atoms with Gasteiger partial charge in [-0.1, -0.05) is 17.7 Å². The molecular formula is C14H18O. The number of ether oxygens (including phenoxy) is 1. The van der Waals surface area contributed by atoms with Crippen LogP contribution in [0.5, 0.6) is 5.75 Å². The maximum atomic E-state index is 6.15. The van der Waals surface area contributed by atoms with Gasteiger partial charge < -0.3 is 4.74 Å². The lowest BCUT2D eigenvalue weighted by Gasteiger charge is -2.44. The Hall–Kier alpha value is -0.980. The largest absolute Gasteiger partial charge is 0.487 e. The molecule has 1 heterocycles. The highest BCUT2D eigenvalue weighted by molar-refractivity contribution is 5.42. The minimum atomic E-state index is 0.116. The van der Waals surface area contributed by atoms with Gasteiger partial charge in [0.25, 0.3) is 0 Å². The van der Waals surface area contributed by atoms with Gasteiger partial charge in [-0.05, 0) is 57.1 Å². The first-order valence-corrected chi connectivity index (χ1v) is 5.96. The molecule has 0 amide bonds. The molecule has 0 spiro atoms. The molecule has 1 aromatic carbocycles. The van der Waals surface area contributed by atoms with Gasteiger partial charge in [0.1, 0.15) is 11.4 Å². The smallest absolute Gasteiger partial charge is 0.123 e. The Labute approximate surface area is 91.5 Å². The van der Waals surface area contributed by atoms with Gasteiger partial charge in [-0.25, -0.2) is 0 Å². The van der Waals surface area contributed by atoms with E-state index in [1.54, 1.807) is 0 Å². The molecule has 1 heteroatoms. The molecule has 1 aliphatic carbocycles. The van der Waals surface area contributed by atoms with Crippen LogP contribution in [-0.2, 0) is 0 Å². The van der Waals surface area contributed by atoms with Gasteiger partial charge in [-0.15, -0.1) is 0 Å². The first-order chi connectivity index (χ1) is 7.16. The van der Waals surface area contributed by atoms with Crippen LogP contribution in [0.4, 0.5) is 0 Å². The molecule has 0 N–H and O–H groups in total. The first-order valence-electron chi connectivity index (χ1n) is 5.96. The quantitative estimate of drug-likeness (QED) is 0.621. The fourth-order valence-corrected chi connectivity index (χ4v) is 3.15. The van der Waals surface area contributed by atoms with E-state index in [0.717, 1.165) is 11.7 Å². The van der Waals surface area contributed by atoms with E-state index in [1.807, 2.05) is 0 Å². The van der Waals surface area contributed by atoms with Crippen LogP contribution in [0.25, 0.3) is 0 Å². The van der Waals surface area contributed by atoms with Crippen molar-refractivity contribution >= 4 is 0 Å². The van der Waals surface area contributed by atoms with Gasteiger partial charge in [-0.2, -0.15) is 0 Å². The van der Waals surface area contributed by atoms with E-state index in [-0.39, 0.29) is 5.60 Å². The average molecular weight is 202 g/mol. The molecule has 3 rings (SSSR count). The third-order valence-corrected chi connectivity index (χ3v) is 3.90. The molecule has 1 saturated carbocycles. The molecule has 0 radical (unpaired) electrons. The highest BCUT2D eigenvalue weighted by Gasteiger charge is 2.39. The van der Waals surface area contributed by atoms with E-state index in [1.165, 1.54) is 36.8 Å². The van der Waals surface area contributed by atoms with Gasteiger partial charge in [-0.3, -0.25) is 0 Å². The zero-order valence-corrected chi connectivity index (χ0v) is 9.55. The molecule has 0 saturated heterocycles. The van der Waals surface area contributed by atoms with Gasteiger partial charge >= 0.3 is 0 Å². The number of hydrogen-bond acceptors (Lipinski definition) is 1. The van der Waals surface area contributed by atoms with Crippen molar-refractivity contribution in [3.05, 3.63) is 29.3 Å². The summed E-state index contributed by atoms with van der Waals surface area (Å²) in [5.41, 5.74) is 2.92. The number of benzene rings is 1. The van der Waals surface area contributed by atoms with Crippen molar-refractivity contribution in [1.82, 2.24) is 0 Å². The first kappa shape index (κ1) is 9.26. The fraction of sp³-hybridized carbons (Fsp3) is 0.571. The monoisotopic (exact) mass is 202 g/mol. The van der Waals surface area contributed by atoms with Crippen molar-refractivity contribution in [2.24, 2.45) is 0 Å². The van der Waals surface area contributed by atoms with Gasteiger partial charge in [0.05, 0.1) is 0 Å². The van der Waals surface area contributed by atoms with Crippen LogP contribution in [0.3, 0.4) is 0 Å². The summed E-state index contributed by atoms with van der Waals surface area (Å²) in [7, 11) is 0. The third kappa shape index (κ3) is 1.45. The van der Waals surface area contributed by atoms with Crippen molar-refractivity contribution in [3.8, 4) is 5.75 Å². The molecule has 15 heavy (non-hydrogen) atoms. The van der Waals surface area contributed by atoms with E-state index in [2.05, 4.69) is 32.0 Å². The number of rotatable bonds is 0. The molecule has 2 bridgehead atoms. The predicted molar refractivity (Wildman–Crippen MR) is 61.4 cm³/mol. The van der Waals surface area contributed by atoms with E-state index in [4.69, 9.17) is 4.74 Å². The zero-order valence-electron chi connectivity index (χ0n) is 9.55. The second kappa shape index (κ2) is 3.01. The van der Waals surface area contributed by atoms with E-state index in [0.29, 0.717) is 0 Å². The molecule has 80 valence electrons. The van der Waals surface area contributed by atoms with E-state index in [9.17, 15) is 0 Å². The maximum Gasteiger partial charge on any atom is 0.123 e.